The lowest BCUT2D eigenvalue weighted by molar-refractivity contribution is -0.120. The predicted octanol–water partition coefficient (Wildman–Crippen LogP) is 5.14. The van der Waals surface area contributed by atoms with Gasteiger partial charge in [0, 0.05) is 22.5 Å². The largest absolute Gasteiger partial charge is 0.350 e. The summed E-state index contributed by atoms with van der Waals surface area (Å²) in [6.07, 6.45) is 0.841. The summed E-state index contributed by atoms with van der Waals surface area (Å²) in [6, 6.07) is 20.1. The normalized spacial score (nSPS) is 13.3. The first-order chi connectivity index (χ1) is 16.8. The number of carbonyl (C=O) groups is 4. The number of benzene rings is 3. The molecule has 0 atom stereocenters. The van der Waals surface area contributed by atoms with Crippen molar-refractivity contribution in [3.63, 3.8) is 0 Å². The Morgan fingerprint density at radius 2 is 1.37 bits per heavy atom. The number of ketones is 1. The molecule has 3 aromatic carbocycles. The fraction of sp³-hybridized carbons (Fsp3) is 0.111. The van der Waals surface area contributed by atoms with Gasteiger partial charge < -0.3 is 10.6 Å². The van der Waals surface area contributed by atoms with Crippen LogP contribution < -0.4 is 15.5 Å². The number of carbonyl (C=O) groups excluding carboxylic acids is 4. The van der Waals surface area contributed by atoms with E-state index in [9.17, 15) is 19.2 Å². The van der Waals surface area contributed by atoms with Crippen LogP contribution >= 0.6 is 11.6 Å². The number of Topliss-reactive ketones (excluding diaryl/α,β-unsaturated/α-hetero) is 1. The Bertz CT molecular complexity index is 1340. The lowest BCUT2D eigenvalue weighted by atomic mass is 10.1. The molecule has 0 spiro atoms. The molecule has 1 heterocycles. The molecule has 0 aliphatic carbocycles. The number of anilines is 3. The highest BCUT2D eigenvalue weighted by Crippen LogP contribution is 2.30. The first kappa shape index (κ1) is 23.9. The van der Waals surface area contributed by atoms with E-state index in [0.29, 0.717) is 28.2 Å². The Hall–Kier alpha value is -4.23. The minimum atomic E-state index is -0.602. The molecule has 8 heteroatoms. The molecule has 7 nitrogen and oxygen atoms in total. The average Bonchev–Trinajstić information content (AvgIpc) is 3.07. The summed E-state index contributed by atoms with van der Waals surface area (Å²) in [4.78, 5) is 50.6. The Kier molecular flexibility index (Phi) is 6.80. The van der Waals surface area contributed by atoms with Crippen molar-refractivity contribution in [2.75, 3.05) is 15.5 Å². The fourth-order valence-electron chi connectivity index (χ4n) is 3.57. The quantitative estimate of drug-likeness (QED) is 0.355. The first-order valence-corrected chi connectivity index (χ1v) is 11.3. The molecular weight excluding hydrogens is 466 g/mol. The Labute approximate surface area is 207 Å². The summed E-state index contributed by atoms with van der Waals surface area (Å²) in [5.74, 6) is -1.55. The van der Waals surface area contributed by atoms with Crippen LogP contribution in [-0.2, 0) is 16.0 Å². The number of hydrogen-bond acceptors (Lipinski definition) is 5. The van der Waals surface area contributed by atoms with Crippen molar-refractivity contribution in [3.05, 3.63) is 100 Å². The standard InChI is InChI=1S/C27H22ClN3O4/c1-3-17-4-14-22(15-5-17)31-26(34)23(28)24(27(31)35)29-20-12-8-19(9-13-20)25(33)30-21-10-6-18(7-11-21)16(2)32/h4-15,29H,3H2,1-2H3,(H,30,33). The van der Waals surface area contributed by atoms with Gasteiger partial charge in [0.2, 0.25) is 0 Å². The predicted molar refractivity (Wildman–Crippen MR) is 136 cm³/mol. The fourth-order valence-corrected chi connectivity index (χ4v) is 3.78. The van der Waals surface area contributed by atoms with Crippen LogP contribution in [0.15, 0.2) is 83.5 Å². The number of amides is 3. The maximum absolute atomic E-state index is 12.9. The number of imide groups is 1. The summed E-state index contributed by atoms with van der Waals surface area (Å²) in [5, 5.41) is 5.46. The molecule has 1 aliphatic heterocycles. The number of aryl methyl sites for hydroxylation is 1. The molecule has 0 bridgehead atoms. The van der Waals surface area contributed by atoms with Gasteiger partial charge in [-0.2, -0.15) is 0 Å². The Morgan fingerprint density at radius 3 is 1.94 bits per heavy atom. The number of nitrogens with zero attached hydrogens (tertiary/aromatic N) is 1. The van der Waals surface area contributed by atoms with Crippen LogP contribution in [0.1, 0.15) is 40.1 Å². The minimum absolute atomic E-state index is 0.0287. The van der Waals surface area contributed by atoms with Crippen LogP contribution in [0.2, 0.25) is 0 Å². The molecule has 0 unspecified atom stereocenters. The molecule has 0 radical (unpaired) electrons. The molecule has 3 aromatic rings. The highest BCUT2D eigenvalue weighted by Gasteiger charge is 2.38. The van der Waals surface area contributed by atoms with Crippen LogP contribution in [0.25, 0.3) is 0 Å². The first-order valence-electron chi connectivity index (χ1n) is 11.0. The summed E-state index contributed by atoms with van der Waals surface area (Å²) in [5.41, 5.74) is 3.49. The van der Waals surface area contributed by atoms with E-state index in [0.717, 1.165) is 16.9 Å². The van der Waals surface area contributed by atoms with Crippen molar-refractivity contribution in [1.29, 1.82) is 0 Å². The van der Waals surface area contributed by atoms with Crippen LogP contribution in [0, 0.1) is 0 Å². The Balaban J connectivity index is 1.44. The zero-order valence-corrected chi connectivity index (χ0v) is 19.8. The monoisotopic (exact) mass is 487 g/mol. The van der Waals surface area contributed by atoms with Crippen molar-refractivity contribution >= 4 is 52.2 Å². The van der Waals surface area contributed by atoms with E-state index in [2.05, 4.69) is 10.6 Å². The summed E-state index contributed by atoms with van der Waals surface area (Å²) in [7, 11) is 0. The summed E-state index contributed by atoms with van der Waals surface area (Å²) < 4.78 is 0. The maximum atomic E-state index is 12.9. The van der Waals surface area contributed by atoms with E-state index in [1.165, 1.54) is 6.92 Å². The van der Waals surface area contributed by atoms with Gasteiger partial charge in [0.05, 0.1) is 5.69 Å². The van der Waals surface area contributed by atoms with Crippen molar-refractivity contribution < 1.29 is 19.2 Å². The van der Waals surface area contributed by atoms with Gasteiger partial charge >= 0.3 is 0 Å². The summed E-state index contributed by atoms with van der Waals surface area (Å²) in [6.45, 7) is 3.49. The third-order valence-electron chi connectivity index (χ3n) is 5.60. The van der Waals surface area contributed by atoms with Gasteiger partial charge in [-0.05, 0) is 79.6 Å². The van der Waals surface area contributed by atoms with Gasteiger partial charge in [0.15, 0.2) is 5.78 Å². The third kappa shape index (κ3) is 5.00. The zero-order chi connectivity index (χ0) is 25.1. The van der Waals surface area contributed by atoms with E-state index in [1.54, 1.807) is 60.7 Å². The molecule has 0 saturated carbocycles. The number of hydrogen-bond donors (Lipinski definition) is 2. The van der Waals surface area contributed by atoms with E-state index in [4.69, 9.17) is 11.6 Å². The molecule has 1 aliphatic rings. The maximum Gasteiger partial charge on any atom is 0.283 e. The van der Waals surface area contributed by atoms with Crippen molar-refractivity contribution in [2.45, 2.75) is 20.3 Å². The van der Waals surface area contributed by atoms with E-state index < -0.39 is 11.8 Å². The zero-order valence-electron chi connectivity index (χ0n) is 19.1. The average molecular weight is 488 g/mol. The second-order valence-corrected chi connectivity index (χ2v) is 8.32. The molecule has 35 heavy (non-hydrogen) atoms. The van der Waals surface area contributed by atoms with Crippen LogP contribution in [0.5, 0.6) is 0 Å². The second-order valence-electron chi connectivity index (χ2n) is 7.94. The van der Waals surface area contributed by atoms with Crippen molar-refractivity contribution in [1.82, 2.24) is 0 Å². The SMILES string of the molecule is CCc1ccc(N2C(=O)C(Cl)=C(Nc3ccc(C(=O)Nc4ccc(C(C)=O)cc4)cc3)C2=O)cc1. The van der Waals surface area contributed by atoms with E-state index in [1.807, 2.05) is 19.1 Å². The van der Waals surface area contributed by atoms with Gasteiger partial charge in [-0.25, -0.2) is 4.90 Å². The molecular formula is C27H22ClN3O4. The van der Waals surface area contributed by atoms with Crippen molar-refractivity contribution in [2.24, 2.45) is 0 Å². The number of nitrogens with one attached hydrogen (secondary N) is 2. The topological polar surface area (TPSA) is 95.6 Å². The molecule has 0 aromatic heterocycles. The Morgan fingerprint density at radius 1 is 0.800 bits per heavy atom. The van der Waals surface area contributed by atoms with Crippen LogP contribution in [0.4, 0.5) is 17.1 Å². The lowest BCUT2D eigenvalue weighted by Crippen LogP contribution is -2.32. The highest BCUT2D eigenvalue weighted by molar-refractivity contribution is 6.53. The number of halogens is 1. The molecule has 4 rings (SSSR count). The van der Waals surface area contributed by atoms with Gasteiger partial charge in [-0.1, -0.05) is 30.7 Å². The number of rotatable bonds is 7. The van der Waals surface area contributed by atoms with Gasteiger partial charge in [0.25, 0.3) is 17.7 Å². The van der Waals surface area contributed by atoms with Gasteiger partial charge in [0.1, 0.15) is 10.7 Å². The molecule has 2 N–H and O–H groups in total. The van der Waals surface area contributed by atoms with Gasteiger partial charge in [-0.15, -0.1) is 0 Å². The van der Waals surface area contributed by atoms with Crippen LogP contribution in [0.3, 0.4) is 0 Å². The molecule has 176 valence electrons. The lowest BCUT2D eigenvalue weighted by Gasteiger charge is -2.15. The molecule has 3 amide bonds. The molecule has 0 fully saturated rings. The third-order valence-corrected chi connectivity index (χ3v) is 5.95. The second kappa shape index (κ2) is 9.95. The smallest absolute Gasteiger partial charge is 0.283 e. The summed E-state index contributed by atoms with van der Waals surface area (Å²) >= 11 is 6.20. The van der Waals surface area contributed by atoms with Crippen molar-refractivity contribution in [3.8, 4) is 0 Å². The minimum Gasteiger partial charge on any atom is -0.350 e. The van der Waals surface area contributed by atoms with E-state index >= 15 is 0 Å². The van der Waals surface area contributed by atoms with Gasteiger partial charge in [-0.3, -0.25) is 19.2 Å². The molecule has 0 saturated heterocycles. The van der Waals surface area contributed by atoms with Crippen LogP contribution in [-0.4, -0.2) is 23.5 Å². The van der Waals surface area contributed by atoms with E-state index in [-0.39, 0.29) is 22.4 Å². The highest BCUT2D eigenvalue weighted by atomic mass is 35.5.